The predicted molar refractivity (Wildman–Crippen MR) is 201 cm³/mol. The molecule has 0 aliphatic heterocycles. The van der Waals surface area contributed by atoms with E-state index in [0.717, 1.165) is 28.2 Å². The summed E-state index contributed by atoms with van der Waals surface area (Å²) in [5.74, 6) is 7.66. The van der Waals surface area contributed by atoms with Gasteiger partial charge in [-0.15, -0.1) is 0 Å². The highest BCUT2D eigenvalue weighted by atomic mass is 15.1. The first-order chi connectivity index (χ1) is 23.8. The van der Waals surface area contributed by atoms with E-state index in [2.05, 4.69) is 205 Å². The van der Waals surface area contributed by atoms with Crippen LogP contribution in [0.1, 0.15) is 22.3 Å². The molecule has 8 aromatic carbocycles. The summed E-state index contributed by atoms with van der Waals surface area (Å²) in [4.78, 5) is 2.39. The van der Waals surface area contributed by atoms with Crippen LogP contribution in [0.15, 0.2) is 188 Å². The van der Waals surface area contributed by atoms with E-state index in [0.29, 0.717) is 0 Å². The van der Waals surface area contributed by atoms with Gasteiger partial charge in [-0.1, -0.05) is 164 Å². The van der Waals surface area contributed by atoms with Crippen molar-refractivity contribution in [3.63, 3.8) is 0 Å². The van der Waals surface area contributed by atoms with Gasteiger partial charge >= 0.3 is 0 Å². The highest BCUT2D eigenvalue weighted by Crippen LogP contribution is 2.54. The first-order valence-electron chi connectivity index (χ1n) is 16.5. The van der Waals surface area contributed by atoms with E-state index in [4.69, 9.17) is 0 Å². The van der Waals surface area contributed by atoms with E-state index in [1.54, 1.807) is 0 Å². The Hall–Kier alpha value is -6.36. The number of para-hydroxylation sites is 1. The Bertz CT molecular complexity index is 2510. The van der Waals surface area contributed by atoms with Gasteiger partial charge in [0.25, 0.3) is 0 Å². The molecule has 0 N–H and O–H groups in total. The van der Waals surface area contributed by atoms with Gasteiger partial charge in [-0.05, 0) is 80.4 Å². The topological polar surface area (TPSA) is 3.24 Å². The van der Waals surface area contributed by atoms with Crippen molar-refractivity contribution in [2.75, 3.05) is 4.90 Å². The SMILES string of the molecule is C(#CC1(c2ccccc2)c2ccccc2-c2ccc(N(c3ccccc3)c3cccc4ccccc34)cc21)c1cccc2ccccc12. The van der Waals surface area contributed by atoms with Crippen LogP contribution in [-0.4, -0.2) is 0 Å². The largest absolute Gasteiger partial charge is 0.310 e. The van der Waals surface area contributed by atoms with Crippen LogP contribution in [-0.2, 0) is 5.41 Å². The first-order valence-corrected chi connectivity index (χ1v) is 16.5. The molecule has 0 spiro atoms. The zero-order chi connectivity index (χ0) is 31.9. The van der Waals surface area contributed by atoms with Gasteiger partial charge in [0, 0.05) is 22.3 Å². The molecule has 1 aliphatic rings. The molecule has 0 saturated heterocycles. The lowest BCUT2D eigenvalue weighted by molar-refractivity contribution is 0.837. The van der Waals surface area contributed by atoms with Gasteiger partial charge < -0.3 is 4.90 Å². The van der Waals surface area contributed by atoms with Crippen LogP contribution >= 0.6 is 0 Å². The van der Waals surface area contributed by atoms with E-state index < -0.39 is 5.41 Å². The van der Waals surface area contributed by atoms with Crippen molar-refractivity contribution in [3.05, 3.63) is 210 Å². The van der Waals surface area contributed by atoms with E-state index in [-0.39, 0.29) is 0 Å². The fourth-order valence-electron chi connectivity index (χ4n) is 7.52. The van der Waals surface area contributed by atoms with Gasteiger partial charge in [0.1, 0.15) is 5.41 Å². The third-order valence-electron chi connectivity index (χ3n) is 9.69. The van der Waals surface area contributed by atoms with Gasteiger partial charge in [-0.3, -0.25) is 0 Å². The maximum atomic E-state index is 3.94. The Morgan fingerprint density at radius 3 is 1.83 bits per heavy atom. The lowest BCUT2D eigenvalue weighted by atomic mass is 9.72. The van der Waals surface area contributed by atoms with Crippen LogP contribution in [0.4, 0.5) is 17.1 Å². The highest BCUT2D eigenvalue weighted by molar-refractivity contribution is 5.99. The average Bonchev–Trinajstić information content (AvgIpc) is 3.45. The number of rotatable bonds is 4. The third kappa shape index (κ3) is 4.43. The standard InChI is InChI=1S/C47H31N/c1-3-20-37(21-4-1)47(32-31-36-18-13-17-34-15-7-9-24-40(34)36)44-27-12-11-26-42(44)43-30-29-39(33-45(43)47)48(38-22-5-2-6-23-38)46-28-14-19-35-16-8-10-25-41(35)46/h1-30,33H. The summed E-state index contributed by atoms with van der Waals surface area (Å²) in [6.45, 7) is 0. The molecule has 0 heterocycles. The third-order valence-corrected chi connectivity index (χ3v) is 9.69. The Morgan fingerprint density at radius 2 is 1.02 bits per heavy atom. The van der Waals surface area contributed by atoms with Crippen LogP contribution in [0.3, 0.4) is 0 Å². The number of hydrogen-bond acceptors (Lipinski definition) is 1. The Balaban J connectivity index is 1.34. The van der Waals surface area contributed by atoms with E-state index in [1.807, 2.05) is 0 Å². The molecule has 1 nitrogen and oxygen atoms in total. The molecule has 0 saturated carbocycles. The molecule has 9 rings (SSSR count). The molecule has 0 radical (unpaired) electrons. The summed E-state index contributed by atoms with van der Waals surface area (Å²) in [7, 11) is 0. The minimum Gasteiger partial charge on any atom is -0.310 e. The van der Waals surface area contributed by atoms with E-state index in [1.165, 1.54) is 43.8 Å². The summed E-state index contributed by atoms with van der Waals surface area (Å²) >= 11 is 0. The number of benzene rings is 8. The number of fused-ring (bicyclic) bond motifs is 5. The molecule has 8 aromatic rings. The minimum absolute atomic E-state index is 0.679. The average molecular weight is 610 g/mol. The minimum atomic E-state index is -0.679. The monoisotopic (exact) mass is 609 g/mol. The normalized spacial score (nSPS) is 14.6. The maximum Gasteiger partial charge on any atom is 0.108 e. The Labute approximate surface area is 281 Å². The predicted octanol–water partition coefficient (Wildman–Crippen LogP) is 11.8. The molecule has 0 aromatic heterocycles. The summed E-state index contributed by atoms with van der Waals surface area (Å²) < 4.78 is 0. The van der Waals surface area contributed by atoms with Crippen molar-refractivity contribution in [2.45, 2.75) is 5.41 Å². The molecule has 1 aliphatic carbocycles. The van der Waals surface area contributed by atoms with Gasteiger partial charge in [0.05, 0.1) is 5.69 Å². The molecule has 0 amide bonds. The smallest absolute Gasteiger partial charge is 0.108 e. The Morgan fingerprint density at radius 1 is 0.417 bits per heavy atom. The second kappa shape index (κ2) is 11.5. The molecule has 0 bridgehead atoms. The summed E-state index contributed by atoms with van der Waals surface area (Å²) in [6.07, 6.45) is 0. The second-order valence-corrected chi connectivity index (χ2v) is 12.3. The highest BCUT2D eigenvalue weighted by Gasteiger charge is 2.44. The lowest BCUT2D eigenvalue weighted by Gasteiger charge is -2.30. The van der Waals surface area contributed by atoms with Crippen LogP contribution in [0, 0.1) is 11.8 Å². The molecule has 1 heteroatoms. The molecule has 1 atom stereocenters. The van der Waals surface area contributed by atoms with Crippen molar-refractivity contribution >= 4 is 38.6 Å². The van der Waals surface area contributed by atoms with Gasteiger partial charge in [0.2, 0.25) is 0 Å². The molecular formula is C47H31N. The number of anilines is 3. The van der Waals surface area contributed by atoms with Crippen molar-refractivity contribution in [1.29, 1.82) is 0 Å². The zero-order valence-electron chi connectivity index (χ0n) is 26.3. The van der Waals surface area contributed by atoms with Gasteiger partial charge in [-0.2, -0.15) is 0 Å². The van der Waals surface area contributed by atoms with Crippen LogP contribution < -0.4 is 4.90 Å². The molecule has 0 fully saturated rings. The molecule has 48 heavy (non-hydrogen) atoms. The molecule has 1 unspecified atom stereocenters. The number of hydrogen-bond donors (Lipinski definition) is 0. The van der Waals surface area contributed by atoms with E-state index >= 15 is 0 Å². The van der Waals surface area contributed by atoms with Crippen molar-refractivity contribution in [2.24, 2.45) is 0 Å². The molecular weight excluding hydrogens is 579 g/mol. The van der Waals surface area contributed by atoms with Crippen molar-refractivity contribution in [1.82, 2.24) is 0 Å². The van der Waals surface area contributed by atoms with Crippen molar-refractivity contribution < 1.29 is 0 Å². The summed E-state index contributed by atoms with van der Waals surface area (Å²) in [5, 5.41) is 4.78. The zero-order valence-corrected chi connectivity index (χ0v) is 26.3. The van der Waals surface area contributed by atoms with Gasteiger partial charge in [-0.25, -0.2) is 0 Å². The lowest BCUT2D eigenvalue weighted by Crippen LogP contribution is -2.25. The van der Waals surface area contributed by atoms with Crippen LogP contribution in [0.5, 0.6) is 0 Å². The van der Waals surface area contributed by atoms with Crippen LogP contribution in [0.2, 0.25) is 0 Å². The fraction of sp³-hybridized carbons (Fsp3) is 0.0213. The summed E-state index contributed by atoms with van der Waals surface area (Å²) in [5.41, 5.74) is 9.72. The van der Waals surface area contributed by atoms with Crippen molar-refractivity contribution in [3.8, 4) is 23.0 Å². The first kappa shape index (κ1) is 27.9. The van der Waals surface area contributed by atoms with E-state index in [9.17, 15) is 0 Å². The summed E-state index contributed by atoms with van der Waals surface area (Å²) in [6, 6.07) is 67.4. The quantitative estimate of drug-likeness (QED) is 0.179. The number of nitrogens with zero attached hydrogens (tertiary/aromatic N) is 1. The fourth-order valence-corrected chi connectivity index (χ4v) is 7.52. The van der Waals surface area contributed by atoms with Crippen LogP contribution in [0.25, 0.3) is 32.7 Å². The maximum absolute atomic E-state index is 3.94. The Kier molecular flexibility index (Phi) is 6.66. The second-order valence-electron chi connectivity index (χ2n) is 12.3. The van der Waals surface area contributed by atoms with Gasteiger partial charge in [0.15, 0.2) is 0 Å². The molecule has 224 valence electrons.